The highest BCUT2D eigenvalue weighted by atomic mass is 35.5. The zero-order chi connectivity index (χ0) is 15.5. The minimum absolute atomic E-state index is 0.0222. The lowest BCUT2D eigenvalue weighted by atomic mass is 10.2. The maximum atomic E-state index is 11.9. The van der Waals surface area contributed by atoms with Crippen LogP contribution in [-0.2, 0) is 14.6 Å². The van der Waals surface area contributed by atoms with Crippen LogP contribution in [0.15, 0.2) is 24.3 Å². The second-order valence-electron chi connectivity index (χ2n) is 5.35. The Balaban J connectivity index is 1.79. The Morgan fingerprint density at radius 3 is 2.86 bits per heavy atom. The first-order valence-corrected chi connectivity index (χ1v) is 9.02. The van der Waals surface area contributed by atoms with E-state index in [0.29, 0.717) is 30.1 Å². The SMILES string of the molecule is CN(CCC(=O)Nc1cccc(Cl)c1)C1CCS(=O)(=O)C1. The number of rotatable bonds is 5. The molecule has 1 aromatic rings. The van der Waals surface area contributed by atoms with Gasteiger partial charge >= 0.3 is 0 Å². The van der Waals surface area contributed by atoms with Gasteiger partial charge in [-0.05, 0) is 31.7 Å². The zero-order valence-electron chi connectivity index (χ0n) is 11.9. The molecule has 1 N–H and O–H groups in total. The largest absolute Gasteiger partial charge is 0.326 e. The number of sulfone groups is 1. The van der Waals surface area contributed by atoms with Crippen LogP contribution in [0.5, 0.6) is 0 Å². The maximum Gasteiger partial charge on any atom is 0.225 e. The zero-order valence-corrected chi connectivity index (χ0v) is 13.5. The van der Waals surface area contributed by atoms with Crippen LogP contribution >= 0.6 is 11.6 Å². The summed E-state index contributed by atoms with van der Waals surface area (Å²) >= 11 is 5.85. The number of carbonyl (C=O) groups excluding carboxylic acids is 1. The van der Waals surface area contributed by atoms with E-state index in [4.69, 9.17) is 11.6 Å². The van der Waals surface area contributed by atoms with Crippen molar-refractivity contribution < 1.29 is 13.2 Å². The Hall–Kier alpha value is -1.11. The van der Waals surface area contributed by atoms with Crippen molar-refractivity contribution in [3.63, 3.8) is 0 Å². The summed E-state index contributed by atoms with van der Waals surface area (Å²) in [6.45, 7) is 0.534. The van der Waals surface area contributed by atoms with Crippen LogP contribution in [0, 0.1) is 0 Å². The fraction of sp³-hybridized carbons (Fsp3) is 0.500. The van der Waals surface area contributed by atoms with Crippen LogP contribution in [-0.4, -0.2) is 50.4 Å². The van der Waals surface area contributed by atoms with Crippen LogP contribution in [0.1, 0.15) is 12.8 Å². The smallest absolute Gasteiger partial charge is 0.225 e. The van der Waals surface area contributed by atoms with E-state index in [-0.39, 0.29) is 23.5 Å². The lowest BCUT2D eigenvalue weighted by Crippen LogP contribution is -2.35. The molecule has 1 aromatic carbocycles. The van der Waals surface area contributed by atoms with Crippen LogP contribution in [0.3, 0.4) is 0 Å². The predicted octanol–water partition coefficient (Wildman–Crippen LogP) is 1.79. The molecule has 1 amide bonds. The molecule has 1 saturated heterocycles. The highest BCUT2D eigenvalue weighted by Crippen LogP contribution is 2.17. The topological polar surface area (TPSA) is 66.5 Å². The van der Waals surface area contributed by atoms with Crippen molar-refractivity contribution in [2.24, 2.45) is 0 Å². The molecular weight excluding hydrogens is 312 g/mol. The summed E-state index contributed by atoms with van der Waals surface area (Å²) in [4.78, 5) is 13.8. The van der Waals surface area contributed by atoms with E-state index in [1.807, 2.05) is 11.9 Å². The first kappa shape index (κ1) is 16.3. The summed E-state index contributed by atoms with van der Waals surface area (Å²) in [6.07, 6.45) is 0.967. The Morgan fingerprint density at radius 1 is 1.48 bits per heavy atom. The van der Waals surface area contributed by atoms with E-state index >= 15 is 0 Å². The molecule has 1 heterocycles. The molecule has 0 aromatic heterocycles. The van der Waals surface area contributed by atoms with Crippen molar-refractivity contribution >= 4 is 33.0 Å². The fourth-order valence-electron chi connectivity index (χ4n) is 2.37. The number of amides is 1. The molecule has 0 radical (unpaired) electrons. The molecule has 7 heteroatoms. The van der Waals surface area contributed by atoms with Crippen LogP contribution in [0.4, 0.5) is 5.69 Å². The summed E-state index contributed by atoms with van der Waals surface area (Å²) in [5, 5.41) is 3.35. The molecule has 1 aliphatic rings. The lowest BCUT2D eigenvalue weighted by molar-refractivity contribution is -0.116. The number of benzene rings is 1. The van der Waals surface area contributed by atoms with Crippen molar-refractivity contribution in [3.8, 4) is 0 Å². The van der Waals surface area contributed by atoms with Gasteiger partial charge in [-0.25, -0.2) is 8.42 Å². The van der Waals surface area contributed by atoms with Gasteiger partial charge in [-0.2, -0.15) is 0 Å². The van der Waals surface area contributed by atoms with Gasteiger partial charge in [0.15, 0.2) is 9.84 Å². The minimum atomic E-state index is -2.89. The molecule has 21 heavy (non-hydrogen) atoms. The third-order valence-electron chi connectivity index (χ3n) is 3.63. The van der Waals surface area contributed by atoms with Gasteiger partial charge in [-0.3, -0.25) is 4.79 Å². The number of anilines is 1. The maximum absolute atomic E-state index is 11.9. The molecular formula is C14H19ClN2O3S. The van der Waals surface area contributed by atoms with E-state index in [1.54, 1.807) is 24.3 Å². The molecule has 1 fully saturated rings. The lowest BCUT2D eigenvalue weighted by Gasteiger charge is -2.22. The monoisotopic (exact) mass is 330 g/mol. The molecule has 1 aliphatic heterocycles. The van der Waals surface area contributed by atoms with Gasteiger partial charge in [0.05, 0.1) is 11.5 Å². The van der Waals surface area contributed by atoms with Gasteiger partial charge in [0.1, 0.15) is 0 Å². The third kappa shape index (κ3) is 4.98. The van der Waals surface area contributed by atoms with Gasteiger partial charge in [0, 0.05) is 29.7 Å². The predicted molar refractivity (Wildman–Crippen MR) is 84.4 cm³/mol. The number of nitrogens with one attached hydrogen (secondary N) is 1. The third-order valence-corrected chi connectivity index (χ3v) is 5.62. The standard InChI is InChI=1S/C14H19ClN2O3S/c1-17(13-6-8-21(19,20)10-13)7-5-14(18)16-12-4-2-3-11(15)9-12/h2-4,9,13H,5-8,10H2,1H3,(H,16,18). The van der Waals surface area contributed by atoms with Crippen LogP contribution in [0.25, 0.3) is 0 Å². The highest BCUT2D eigenvalue weighted by Gasteiger charge is 2.30. The number of nitrogens with zero attached hydrogens (tertiary/aromatic N) is 1. The number of carbonyl (C=O) groups is 1. The first-order chi connectivity index (χ1) is 9.85. The van der Waals surface area contributed by atoms with Crippen molar-refractivity contribution in [2.45, 2.75) is 18.9 Å². The Morgan fingerprint density at radius 2 is 2.24 bits per heavy atom. The number of hydrogen-bond acceptors (Lipinski definition) is 4. The molecule has 5 nitrogen and oxygen atoms in total. The Kier molecular flexibility index (Phi) is 5.24. The summed E-state index contributed by atoms with van der Waals surface area (Å²) in [6, 6.07) is 7.00. The summed E-state index contributed by atoms with van der Waals surface area (Å²) in [7, 11) is -1.03. The molecule has 1 atom stereocenters. The number of halogens is 1. The molecule has 0 saturated carbocycles. The minimum Gasteiger partial charge on any atom is -0.326 e. The molecule has 0 aliphatic carbocycles. The van der Waals surface area contributed by atoms with Gasteiger partial charge in [0.25, 0.3) is 0 Å². The average molecular weight is 331 g/mol. The van der Waals surface area contributed by atoms with Crippen LogP contribution < -0.4 is 5.32 Å². The Bertz CT molecular complexity index is 618. The van der Waals surface area contributed by atoms with E-state index in [9.17, 15) is 13.2 Å². The highest BCUT2D eigenvalue weighted by molar-refractivity contribution is 7.91. The molecule has 2 rings (SSSR count). The van der Waals surface area contributed by atoms with E-state index < -0.39 is 9.84 Å². The van der Waals surface area contributed by atoms with Crippen molar-refractivity contribution in [3.05, 3.63) is 29.3 Å². The van der Waals surface area contributed by atoms with Gasteiger partial charge in [-0.15, -0.1) is 0 Å². The number of hydrogen-bond donors (Lipinski definition) is 1. The second kappa shape index (κ2) is 6.77. The molecule has 116 valence electrons. The second-order valence-corrected chi connectivity index (χ2v) is 8.01. The van der Waals surface area contributed by atoms with Gasteiger partial charge in [-0.1, -0.05) is 17.7 Å². The van der Waals surface area contributed by atoms with E-state index in [0.717, 1.165) is 0 Å². The Labute approximate surface area is 130 Å². The van der Waals surface area contributed by atoms with Crippen molar-refractivity contribution in [1.82, 2.24) is 4.90 Å². The van der Waals surface area contributed by atoms with Gasteiger partial charge < -0.3 is 10.2 Å². The molecule has 0 spiro atoms. The van der Waals surface area contributed by atoms with Crippen LogP contribution in [0.2, 0.25) is 5.02 Å². The van der Waals surface area contributed by atoms with Crippen molar-refractivity contribution in [2.75, 3.05) is 30.4 Å². The normalized spacial score (nSPS) is 20.6. The summed E-state index contributed by atoms with van der Waals surface area (Å²) in [5.74, 6) is 0.334. The summed E-state index contributed by atoms with van der Waals surface area (Å²) in [5.41, 5.74) is 0.665. The summed E-state index contributed by atoms with van der Waals surface area (Å²) < 4.78 is 22.9. The van der Waals surface area contributed by atoms with E-state index in [2.05, 4.69) is 5.32 Å². The van der Waals surface area contributed by atoms with Gasteiger partial charge in [0.2, 0.25) is 5.91 Å². The fourth-order valence-corrected chi connectivity index (χ4v) is 4.37. The van der Waals surface area contributed by atoms with Crippen molar-refractivity contribution in [1.29, 1.82) is 0 Å². The molecule has 1 unspecified atom stereocenters. The average Bonchev–Trinajstić information content (AvgIpc) is 2.76. The van der Waals surface area contributed by atoms with E-state index in [1.165, 1.54) is 0 Å². The first-order valence-electron chi connectivity index (χ1n) is 6.82. The quantitative estimate of drug-likeness (QED) is 0.893. The molecule has 0 bridgehead atoms.